The number of primary amides is 1. The van der Waals surface area contributed by atoms with Crippen molar-refractivity contribution in [1.82, 2.24) is 5.32 Å². The quantitative estimate of drug-likeness (QED) is 0.572. The summed E-state index contributed by atoms with van der Waals surface area (Å²) in [5.41, 5.74) is 11.9. The largest absolute Gasteiger partial charge is 0.465 e. The van der Waals surface area contributed by atoms with E-state index in [0.717, 1.165) is 5.56 Å². The second kappa shape index (κ2) is 5.86. The maximum Gasteiger partial charge on any atom is 0.404 e. The van der Waals surface area contributed by atoms with Crippen LogP contribution in [0.1, 0.15) is 15.9 Å². The third-order valence-corrected chi connectivity index (χ3v) is 2.33. The summed E-state index contributed by atoms with van der Waals surface area (Å²) in [6, 6.07) is 6.32. The second-order valence-corrected chi connectivity index (χ2v) is 3.65. The Bertz CT molecular complexity index is 403. The second-order valence-electron chi connectivity index (χ2n) is 3.65. The molecule has 0 aliphatic heterocycles. The van der Waals surface area contributed by atoms with Crippen molar-refractivity contribution in [3.63, 3.8) is 0 Å². The lowest BCUT2D eigenvalue weighted by molar-refractivity contribution is 0.1000. The molecular formula is C11H15N3O3. The number of nitrogens with one attached hydrogen (secondary N) is 1. The Labute approximate surface area is 98.6 Å². The summed E-state index contributed by atoms with van der Waals surface area (Å²) in [6.07, 6.45) is -0.629. The van der Waals surface area contributed by atoms with Gasteiger partial charge in [-0.3, -0.25) is 4.79 Å². The summed E-state index contributed by atoms with van der Waals surface area (Å²) in [5.74, 6) is -0.490. The fourth-order valence-electron chi connectivity index (χ4n) is 1.46. The number of carboxylic acid groups (broad SMARTS) is 1. The molecule has 0 spiro atoms. The van der Waals surface area contributed by atoms with Gasteiger partial charge in [-0.25, -0.2) is 4.79 Å². The first-order valence-electron chi connectivity index (χ1n) is 5.11. The van der Waals surface area contributed by atoms with E-state index in [9.17, 15) is 9.59 Å². The number of amides is 2. The standard InChI is InChI=1S/C11H15N3O3/c12-6-9(14-11(16)17)5-7-1-3-8(4-2-7)10(13)15/h1-4,9,14H,5-6,12H2,(H2,13,15)(H,16,17)/t9-/m0/s1. The van der Waals surface area contributed by atoms with Gasteiger partial charge in [0.15, 0.2) is 0 Å². The Morgan fingerprint density at radius 2 is 1.88 bits per heavy atom. The van der Waals surface area contributed by atoms with Gasteiger partial charge in [-0.1, -0.05) is 12.1 Å². The molecule has 6 nitrogen and oxygen atoms in total. The van der Waals surface area contributed by atoms with Crippen LogP contribution < -0.4 is 16.8 Å². The molecule has 6 N–H and O–H groups in total. The molecule has 0 aliphatic rings. The summed E-state index contributed by atoms with van der Waals surface area (Å²) in [7, 11) is 0. The molecule has 0 saturated heterocycles. The maximum absolute atomic E-state index is 10.8. The maximum atomic E-state index is 10.8. The van der Waals surface area contributed by atoms with Crippen LogP contribution in [0.25, 0.3) is 0 Å². The van der Waals surface area contributed by atoms with Gasteiger partial charge in [-0.15, -0.1) is 0 Å². The molecule has 0 radical (unpaired) electrons. The third-order valence-electron chi connectivity index (χ3n) is 2.33. The number of carbonyl (C=O) groups excluding carboxylic acids is 1. The molecule has 1 atom stereocenters. The van der Waals surface area contributed by atoms with Crippen LogP contribution in [0.4, 0.5) is 4.79 Å². The van der Waals surface area contributed by atoms with E-state index in [1.54, 1.807) is 24.3 Å². The first-order chi connectivity index (χ1) is 8.02. The zero-order valence-corrected chi connectivity index (χ0v) is 9.22. The first kappa shape index (κ1) is 13.0. The molecule has 1 rings (SSSR count). The van der Waals surface area contributed by atoms with Crippen molar-refractivity contribution >= 4 is 12.0 Å². The normalized spacial score (nSPS) is 11.8. The Hall–Kier alpha value is -2.08. The first-order valence-corrected chi connectivity index (χ1v) is 5.11. The van der Waals surface area contributed by atoms with Crippen molar-refractivity contribution in [3.8, 4) is 0 Å². The zero-order valence-electron chi connectivity index (χ0n) is 9.22. The Balaban J connectivity index is 2.67. The van der Waals surface area contributed by atoms with E-state index in [0.29, 0.717) is 12.0 Å². The molecule has 6 heteroatoms. The van der Waals surface area contributed by atoms with Gasteiger partial charge in [0.1, 0.15) is 0 Å². The summed E-state index contributed by atoms with van der Waals surface area (Å²) in [6.45, 7) is 0.212. The molecule has 0 bridgehead atoms. The van der Waals surface area contributed by atoms with Crippen molar-refractivity contribution in [3.05, 3.63) is 35.4 Å². The van der Waals surface area contributed by atoms with E-state index in [1.165, 1.54) is 0 Å². The highest BCUT2D eigenvalue weighted by molar-refractivity contribution is 5.92. The van der Waals surface area contributed by atoms with Crippen LogP contribution in [-0.4, -0.2) is 29.7 Å². The molecule has 0 saturated carbocycles. The van der Waals surface area contributed by atoms with Crippen LogP contribution in [0.2, 0.25) is 0 Å². The number of carbonyl (C=O) groups is 2. The highest BCUT2D eigenvalue weighted by Gasteiger charge is 2.10. The van der Waals surface area contributed by atoms with Crippen LogP contribution in [0.15, 0.2) is 24.3 Å². The topological polar surface area (TPSA) is 118 Å². The number of nitrogens with two attached hydrogens (primary N) is 2. The smallest absolute Gasteiger partial charge is 0.404 e. The summed E-state index contributed by atoms with van der Waals surface area (Å²) in [4.78, 5) is 21.3. The molecule has 0 heterocycles. The number of benzene rings is 1. The fraction of sp³-hybridized carbons (Fsp3) is 0.273. The summed E-state index contributed by atoms with van der Waals surface area (Å²) in [5, 5.41) is 10.9. The molecule has 1 aromatic carbocycles. The van der Waals surface area contributed by atoms with E-state index in [2.05, 4.69) is 5.32 Å². The molecule has 0 fully saturated rings. The lowest BCUT2D eigenvalue weighted by Crippen LogP contribution is -2.40. The average molecular weight is 237 g/mol. The van der Waals surface area contributed by atoms with Crippen molar-refractivity contribution in [2.45, 2.75) is 12.5 Å². The molecule has 17 heavy (non-hydrogen) atoms. The van der Waals surface area contributed by atoms with Crippen LogP contribution in [0, 0.1) is 0 Å². The van der Waals surface area contributed by atoms with Crippen molar-refractivity contribution in [1.29, 1.82) is 0 Å². The summed E-state index contributed by atoms with van der Waals surface area (Å²) < 4.78 is 0. The van der Waals surface area contributed by atoms with Gasteiger partial charge in [0, 0.05) is 18.2 Å². The number of rotatable bonds is 5. The molecule has 0 aromatic heterocycles. The molecule has 92 valence electrons. The molecule has 0 unspecified atom stereocenters. The van der Waals surface area contributed by atoms with Gasteiger partial charge in [0.2, 0.25) is 5.91 Å². The van der Waals surface area contributed by atoms with E-state index in [4.69, 9.17) is 16.6 Å². The predicted molar refractivity (Wildman–Crippen MR) is 62.7 cm³/mol. The van der Waals surface area contributed by atoms with Gasteiger partial charge in [0.25, 0.3) is 0 Å². The minimum Gasteiger partial charge on any atom is -0.465 e. The monoisotopic (exact) mass is 237 g/mol. The van der Waals surface area contributed by atoms with E-state index in [1.807, 2.05) is 0 Å². The SMILES string of the molecule is NC[C@H](Cc1ccc(C(N)=O)cc1)NC(=O)O. The van der Waals surface area contributed by atoms with E-state index >= 15 is 0 Å². The van der Waals surface area contributed by atoms with Crippen molar-refractivity contribution in [2.75, 3.05) is 6.54 Å². The summed E-state index contributed by atoms with van der Waals surface area (Å²) >= 11 is 0. The predicted octanol–water partition coefficient (Wildman–Crippen LogP) is -0.0771. The van der Waals surface area contributed by atoms with Crippen LogP contribution in [0.5, 0.6) is 0 Å². The Kier molecular flexibility index (Phi) is 4.47. The lowest BCUT2D eigenvalue weighted by atomic mass is 10.0. The van der Waals surface area contributed by atoms with E-state index < -0.39 is 12.0 Å². The van der Waals surface area contributed by atoms with Gasteiger partial charge >= 0.3 is 6.09 Å². The number of hydrogen-bond donors (Lipinski definition) is 4. The molecular weight excluding hydrogens is 222 g/mol. The average Bonchev–Trinajstić information content (AvgIpc) is 2.28. The lowest BCUT2D eigenvalue weighted by Gasteiger charge is -2.14. The van der Waals surface area contributed by atoms with E-state index in [-0.39, 0.29) is 12.6 Å². The van der Waals surface area contributed by atoms with Gasteiger partial charge in [0.05, 0.1) is 0 Å². The molecule has 0 aliphatic carbocycles. The van der Waals surface area contributed by atoms with Crippen LogP contribution in [0.3, 0.4) is 0 Å². The van der Waals surface area contributed by atoms with Crippen LogP contribution >= 0.6 is 0 Å². The minimum atomic E-state index is -1.10. The van der Waals surface area contributed by atoms with Crippen molar-refractivity contribution in [2.24, 2.45) is 11.5 Å². The zero-order chi connectivity index (χ0) is 12.8. The van der Waals surface area contributed by atoms with Gasteiger partial charge in [-0.05, 0) is 24.1 Å². The van der Waals surface area contributed by atoms with Gasteiger partial charge in [-0.2, -0.15) is 0 Å². The fourth-order valence-corrected chi connectivity index (χ4v) is 1.46. The minimum absolute atomic E-state index is 0.212. The highest BCUT2D eigenvalue weighted by Crippen LogP contribution is 2.06. The van der Waals surface area contributed by atoms with Crippen LogP contribution in [-0.2, 0) is 6.42 Å². The molecule has 1 aromatic rings. The van der Waals surface area contributed by atoms with Crippen molar-refractivity contribution < 1.29 is 14.7 Å². The number of hydrogen-bond acceptors (Lipinski definition) is 3. The Morgan fingerprint density at radius 1 is 1.29 bits per heavy atom. The third kappa shape index (κ3) is 4.12. The highest BCUT2D eigenvalue weighted by atomic mass is 16.4. The van der Waals surface area contributed by atoms with Gasteiger partial charge < -0.3 is 21.9 Å². The molecule has 2 amide bonds. The Morgan fingerprint density at radius 3 is 2.29 bits per heavy atom.